The summed E-state index contributed by atoms with van der Waals surface area (Å²) in [7, 11) is 8.93. The third-order valence-corrected chi connectivity index (χ3v) is 4.29. The molecule has 1 aliphatic carbocycles. The van der Waals surface area contributed by atoms with Crippen molar-refractivity contribution in [2.75, 3.05) is 35.2 Å². The molecule has 1 saturated carbocycles. The van der Waals surface area contributed by atoms with Gasteiger partial charge in [0.25, 0.3) is 0 Å². The second-order valence-electron chi connectivity index (χ2n) is 4.44. The van der Waals surface area contributed by atoms with E-state index in [4.69, 9.17) is 0 Å². The third-order valence-electron chi connectivity index (χ3n) is 2.65. The second-order valence-corrected chi connectivity index (χ2v) is 6.04. The maximum atomic E-state index is 4.28. The van der Waals surface area contributed by atoms with Gasteiger partial charge in [0.2, 0.25) is 0 Å². The minimum absolute atomic E-state index is 0. The Bertz CT molecular complexity index is 154. The molecule has 0 aliphatic heterocycles. The zero-order chi connectivity index (χ0) is 13.7. The average Bonchev–Trinajstić information content (AvgIpc) is 2.66. The molecule has 1 rings (SSSR count). The van der Waals surface area contributed by atoms with Gasteiger partial charge in [0.15, 0.2) is 0 Å². The van der Waals surface area contributed by atoms with Gasteiger partial charge in [-0.1, -0.05) is 41.8 Å². The Balaban J connectivity index is -0.000000122. The minimum atomic E-state index is 0. The molecule has 0 aromatic rings. The maximum absolute atomic E-state index is 4.28. The van der Waals surface area contributed by atoms with Crippen LogP contribution in [-0.2, 0) is 25.8 Å². The SMILES string of the molecule is C[N-]B(C)C[C@@H]1CCCC1I.C[N-]C.C[N-]C.[CH3-].[Hf+4]. The van der Waals surface area contributed by atoms with Gasteiger partial charge in [0.1, 0.15) is 0 Å². The van der Waals surface area contributed by atoms with Crippen molar-refractivity contribution in [2.24, 2.45) is 5.92 Å². The monoisotopic (exact) mass is 547 g/mol. The molecule has 2 atom stereocenters. The van der Waals surface area contributed by atoms with E-state index in [1.54, 1.807) is 28.2 Å². The topological polar surface area (TPSA) is 42.3 Å². The van der Waals surface area contributed by atoms with Crippen LogP contribution in [0.5, 0.6) is 0 Å². The molecule has 0 N–H and O–H groups in total. The summed E-state index contributed by atoms with van der Waals surface area (Å²) in [5, 5.41) is 11.3. The predicted octanol–water partition coefficient (Wildman–Crippen LogP) is 4.90. The van der Waals surface area contributed by atoms with Crippen molar-refractivity contribution >= 4 is 29.4 Å². The summed E-state index contributed by atoms with van der Waals surface area (Å²) >= 11 is 2.60. The summed E-state index contributed by atoms with van der Waals surface area (Å²) in [5.74, 6) is 0.953. The van der Waals surface area contributed by atoms with Crippen LogP contribution in [0.2, 0.25) is 13.1 Å². The molecule has 1 fully saturated rings. The Kier molecular flexibility index (Phi) is 33.0. The van der Waals surface area contributed by atoms with Crippen LogP contribution in [0.15, 0.2) is 0 Å². The van der Waals surface area contributed by atoms with Gasteiger partial charge in [0.05, 0.1) is 0 Å². The van der Waals surface area contributed by atoms with Crippen molar-refractivity contribution in [3.8, 4) is 0 Å². The van der Waals surface area contributed by atoms with Crippen molar-refractivity contribution in [3.05, 3.63) is 23.3 Å². The number of alkyl halides is 1. The Morgan fingerprint density at radius 3 is 1.74 bits per heavy atom. The molecule has 0 amide bonds. The van der Waals surface area contributed by atoms with Crippen LogP contribution >= 0.6 is 22.6 Å². The molecule has 0 aromatic carbocycles. The summed E-state index contributed by atoms with van der Waals surface area (Å²) in [5.41, 5.74) is 0. The first-order chi connectivity index (χ1) is 8.06. The first-order valence-corrected chi connectivity index (χ1v) is 7.50. The zero-order valence-electron chi connectivity index (χ0n) is 13.8. The minimum Gasteiger partial charge on any atom is -0.689 e. The predicted molar refractivity (Wildman–Crippen MR) is 97.7 cm³/mol. The molecule has 0 spiro atoms. The van der Waals surface area contributed by atoms with Crippen molar-refractivity contribution in [2.45, 2.75) is 36.3 Å². The van der Waals surface area contributed by atoms with Gasteiger partial charge in [-0.25, -0.2) is 0 Å². The van der Waals surface area contributed by atoms with E-state index in [9.17, 15) is 0 Å². The molecule has 0 heterocycles. The number of hydrogen-bond donors (Lipinski definition) is 0. The van der Waals surface area contributed by atoms with Crippen LogP contribution in [0.4, 0.5) is 0 Å². The first-order valence-electron chi connectivity index (χ1n) is 6.26. The molecule has 19 heavy (non-hydrogen) atoms. The molecule has 1 unspecified atom stereocenters. The molecule has 6 heteroatoms. The van der Waals surface area contributed by atoms with Gasteiger partial charge in [0, 0.05) is 10.8 Å². The van der Waals surface area contributed by atoms with Crippen LogP contribution in [-0.4, -0.2) is 46.0 Å². The molecule has 0 radical (unpaired) electrons. The first kappa shape index (κ1) is 28.7. The molecular weight excluding hydrogens is 514 g/mol. The van der Waals surface area contributed by atoms with Crippen LogP contribution < -0.4 is 0 Å². The fourth-order valence-corrected chi connectivity index (χ4v) is 2.89. The standard InChI is InChI=1S/C8H16BIN.2C2H6N.CH3.Hf/c1-9(11-2)6-7-4-3-5-8(7)10;2*1-3-2;;/h7-8H,3-6H2,1-2H3;2*1-2H3;1H3;/q4*-1;+4/t7-,8?;;;;/m0..../s1. The van der Waals surface area contributed by atoms with E-state index in [1.165, 1.54) is 25.6 Å². The van der Waals surface area contributed by atoms with Crippen LogP contribution in [0.1, 0.15) is 19.3 Å². The summed E-state index contributed by atoms with van der Waals surface area (Å²) < 4.78 is 0.928. The van der Waals surface area contributed by atoms with Crippen molar-refractivity contribution < 1.29 is 25.8 Å². The van der Waals surface area contributed by atoms with Crippen LogP contribution in [0.3, 0.4) is 0 Å². The van der Waals surface area contributed by atoms with Crippen molar-refractivity contribution in [1.29, 1.82) is 0 Å². The molecular formula is C13H31BHfIN3. The second kappa shape index (κ2) is 21.8. The normalized spacial score (nSPS) is 19.7. The molecule has 3 nitrogen and oxygen atoms in total. The maximum Gasteiger partial charge on any atom is 4.00 e. The number of nitrogens with zero attached hydrogens (tertiary/aromatic N) is 3. The van der Waals surface area contributed by atoms with Gasteiger partial charge in [-0.05, 0) is 12.3 Å². The summed E-state index contributed by atoms with van der Waals surface area (Å²) in [6.45, 7) is 2.80. The van der Waals surface area contributed by atoms with E-state index in [0.717, 1.165) is 9.84 Å². The fourth-order valence-electron chi connectivity index (χ4n) is 1.80. The largest absolute Gasteiger partial charge is 4.00 e. The molecule has 0 aromatic heterocycles. The summed E-state index contributed by atoms with van der Waals surface area (Å²) in [6.07, 6.45) is 5.62. The van der Waals surface area contributed by atoms with Crippen LogP contribution in [0.25, 0.3) is 15.9 Å². The molecule has 112 valence electrons. The quantitative estimate of drug-likeness (QED) is 0.210. The number of hydrogen-bond acceptors (Lipinski definition) is 0. The van der Waals surface area contributed by atoms with Crippen molar-refractivity contribution in [1.82, 2.24) is 0 Å². The third kappa shape index (κ3) is 19.5. The van der Waals surface area contributed by atoms with Crippen molar-refractivity contribution in [3.63, 3.8) is 0 Å². The molecule has 0 saturated heterocycles. The smallest absolute Gasteiger partial charge is 0.689 e. The van der Waals surface area contributed by atoms with Gasteiger partial charge < -0.3 is 23.3 Å². The number of rotatable bonds is 3. The Morgan fingerprint density at radius 2 is 1.47 bits per heavy atom. The van der Waals surface area contributed by atoms with E-state index in [2.05, 4.69) is 45.3 Å². The van der Waals surface area contributed by atoms with E-state index in [0.29, 0.717) is 6.85 Å². The Morgan fingerprint density at radius 1 is 1.05 bits per heavy atom. The van der Waals surface area contributed by atoms with Gasteiger partial charge in [-0.2, -0.15) is 35.2 Å². The molecule has 1 aliphatic rings. The average molecular weight is 546 g/mol. The number of halogens is 1. The summed E-state index contributed by atoms with van der Waals surface area (Å²) in [4.78, 5) is 0. The molecule has 0 bridgehead atoms. The Labute approximate surface area is 155 Å². The van der Waals surface area contributed by atoms with Crippen LogP contribution in [0, 0.1) is 13.3 Å². The van der Waals surface area contributed by atoms with E-state index in [1.807, 2.05) is 7.05 Å². The van der Waals surface area contributed by atoms with Gasteiger partial charge >= 0.3 is 25.8 Å². The van der Waals surface area contributed by atoms with E-state index >= 15 is 0 Å². The van der Waals surface area contributed by atoms with E-state index in [-0.39, 0.29) is 33.3 Å². The van der Waals surface area contributed by atoms with Gasteiger partial charge in [-0.15, -0.1) is 6.82 Å². The van der Waals surface area contributed by atoms with E-state index < -0.39 is 0 Å². The fraction of sp³-hybridized carbons (Fsp3) is 0.923. The Hall–Kier alpha value is 1.55. The zero-order valence-corrected chi connectivity index (χ0v) is 19.5. The van der Waals surface area contributed by atoms with Gasteiger partial charge in [-0.3, -0.25) is 0 Å². The summed E-state index contributed by atoms with van der Waals surface area (Å²) in [6, 6.07) is 0.